The Hall–Kier alpha value is -2.03. The van der Waals surface area contributed by atoms with E-state index >= 15 is 0 Å². The minimum absolute atomic E-state index is 0. The molecule has 168 valence electrons. The fourth-order valence-corrected chi connectivity index (χ4v) is 4.76. The first-order valence-electron chi connectivity index (χ1n) is 9.40. The highest BCUT2D eigenvalue weighted by Gasteiger charge is 2.21. The van der Waals surface area contributed by atoms with Crippen molar-refractivity contribution < 1.29 is 9.53 Å². The van der Waals surface area contributed by atoms with Gasteiger partial charge >= 0.3 is 0 Å². The molecule has 0 aliphatic rings. The molecule has 0 atom stereocenters. The number of carbonyl (C=O) groups excluding carboxylic acids is 1. The van der Waals surface area contributed by atoms with Crippen molar-refractivity contribution in [2.75, 3.05) is 18.1 Å². The third kappa shape index (κ3) is 5.85. The lowest BCUT2D eigenvalue weighted by Gasteiger charge is -2.20. The number of hydrogen-bond acceptors (Lipinski definition) is 5. The van der Waals surface area contributed by atoms with Crippen molar-refractivity contribution in [3.8, 4) is 5.75 Å². The maximum atomic E-state index is 13.1. The zero-order valence-corrected chi connectivity index (χ0v) is 20.5. The van der Waals surface area contributed by atoms with Crippen molar-refractivity contribution in [1.82, 2.24) is 14.5 Å². The van der Waals surface area contributed by atoms with E-state index in [0.29, 0.717) is 44.4 Å². The monoisotopic (exact) mass is 530 g/mol. The van der Waals surface area contributed by atoms with Crippen LogP contribution in [0.15, 0.2) is 55.1 Å². The number of rotatable bonds is 8. The van der Waals surface area contributed by atoms with Crippen molar-refractivity contribution in [3.05, 3.63) is 70.2 Å². The number of aromatic nitrogens is 3. The number of aryl methyl sites for hydroxylation is 1. The molecule has 0 spiro atoms. The van der Waals surface area contributed by atoms with Gasteiger partial charge in [-0.2, -0.15) is 0 Å². The van der Waals surface area contributed by atoms with Gasteiger partial charge in [-0.05, 0) is 36.8 Å². The van der Waals surface area contributed by atoms with Crippen LogP contribution in [0.4, 0.5) is 5.13 Å². The largest absolute Gasteiger partial charge is 0.482 e. The first-order chi connectivity index (χ1) is 15.0. The highest BCUT2D eigenvalue weighted by atomic mass is 35.5. The van der Waals surface area contributed by atoms with Gasteiger partial charge in [-0.15, -0.1) is 12.4 Å². The number of hydrogen-bond donors (Lipinski definition) is 0. The maximum Gasteiger partial charge on any atom is 0.266 e. The van der Waals surface area contributed by atoms with Crippen LogP contribution < -0.4 is 9.64 Å². The molecule has 4 rings (SSSR count). The van der Waals surface area contributed by atoms with Crippen LogP contribution in [-0.2, 0) is 11.3 Å². The Labute approximate surface area is 210 Å². The van der Waals surface area contributed by atoms with E-state index in [9.17, 15) is 4.79 Å². The summed E-state index contributed by atoms with van der Waals surface area (Å²) in [5.41, 5.74) is 0.679. The van der Waals surface area contributed by atoms with Crippen LogP contribution in [-0.4, -0.2) is 33.6 Å². The molecule has 0 bridgehead atoms. The van der Waals surface area contributed by atoms with E-state index in [1.807, 2.05) is 22.9 Å². The van der Waals surface area contributed by atoms with E-state index < -0.39 is 0 Å². The third-order valence-electron chi connectivity index (χ3n) is 4.49. The van der Waals surface area contributed by atoms with Gasteiger partial charge in [-0.25, -0.2) is 9.97 Å². The molecule has 0 saturated heterocycles. The molecule has 0 saturated carbocycles. The number of halogens is 4. The lowest BCUT2D eigenvalue weighted by molar-refractivity contribution is -0.120. The number of carbonyl (C=O) groups is 1. The summed E-state index contributed by atoms with van der Waals surface area (Å²) < 4.78 is 8.53. The quantitative estimate of drug-likeness (QED) is 0.265. The first-order valence-corrected chi connectivity index (χ1v) is 11.4. The molecule has 0 unspecified atom stereocenters. The Morgan fingerprint density at radius 2 is 2.00 bits per heavy atom. The fraction of sp³-hybridized carbons (Fsp3) is 0.190. The number of nitrogens with zero attached hydrogens (tertiary/aromatic N) is 4. The van der Waals surface area contributed by atoms with Crippen molar-refractivity contribution in [3.63, 3.8) is 0 Å². The highest BCUT2D eigenvalue weighted by molar-refractivity contribution is 7.22. The van der Waals surface area contributed by atoms with Crippen LogP contribution in [0.1, 0.15) is 6.42 Å². The summed E-state index contributed by atoms with van der Waals surface area (Å²) in [4.78, 5) is 23.4. The summed E-state index contributed by atoms with van der Waals surface area (Å²) in [6, 6.07) is 10.4. The van der Waals surface area contributed by atoms with Gasteiger partial charge in [0.15, 0.2) is 11.7 Å². The second kappa shape index (κ2) is 11.2. The minimum atomic E-state index is -0.230. The van der Waals surface area contributed by atoms with Crippen molar-refractivity contribution in [2.24, 2.45) is 0 Å². The highest BCUT2D eigenvalue weighted by Crippen LogP contribution is 2.33. The molecule has 4 aromatic rings. The molecular formula is C21H18Cl4N4O2S. The molecule has 2 heterocycles. The summed E-state index contributed by atoms with van der Waals surface area (Å²) in [6.07, 6.45) is 6.07. The summed E-state index contributed by atoms with van der Waals surface area (Å²) in [5, 5.41) is 1.97. The van der Waals surface area contributed by atoms with Crippen LogP contribution in [0.5, 0.6) is 5.75 Å². The summed E-state index contributed by atoms with van der Waals surface area (Å²) in [5.74, 6) is 0.164. The van der Waals surface area contributed by atoms with Gasteiger partial charge in [0, 0.05) is 30.5 Å². The van der Waals surface area contributed by atoms with Crippen LogP contribution in [0, 0.1) is 0 Å². The molecule has 11 heteroatoms. The minimum Gasteiger partial charge on any atom is -0.482 e. The third-order valence-corrected chi connectivity index (χ3v) is 6.37. The Balaban J connectivity index is 0.00000289. The molecule has 0 aliphatic carbocycles. The molecule has 0 N–H and O–H groups in total. The van der Waals surface area contributed by atoms with Gasteiger partial charge < -0.3 is 9.30 Å². The number of para-hydroxylation sites is 1. The summed E-state index contributed by atoms with van der Waals surface area (Å²) in [6.45, 7) is 1.00. The van der Waals surface area contributed by atoms with E-state index in [-0.39, 0.29) is 24.9 Å². The van der Waals surface area contributed by atoms with Gasteiger partial charge in [0.05, 0.1) is 21.1 Å². The van der Waals surface area contributed by atoms with Gasteiger partial charge in [0.2, 0.25) is 0 Å². The number of thiazole rings is 1. The van der Waals surface area contributed by atoms with Crippen LogP contribution >= 0.6 is 58.5 Å². The second-order valence-electron chi connectivity index (χ2n) is 6.65. The van der Waals surface area contributed by atoms with Crippen LogP contribution in [0.2, 0.25) is 15.1 Å². The number of ether oxygens (including phenoxy) is 1. The molecule has 6 nitrogen and oxygen atoms in total. The summed E-state index contributed by atoms with van der Waals surface area (Å²) >= 11 is 19.8. The zero-order chi connectivity index (χ0) is 21.8. The Morgan fingerprint density at radius 1 is 1.16 bits per heavy atom. The van der Waals surface area contributed by atoms with E-state index in [4.69, 9.17) is 39.5 Å². The van der Waals surface area contributed by atoms with Crippen molar-refractivity contribution in [2.45, 2.75) is 13.0 Å². The molecule has 2 aromatic carbocycles. The molecular weight excluding hydrogens is 514 g/mol. The number of benzene rings is 2. The molecule has 32 heavy (non-hydrogen) atoms. The van der Waals surface area contributed by atoms with E-state index in [0.717, 1.165) is 11.2 Å². The van der Waals surface area contributed by atoms with Crippen molar-refractivity contribution in [1.29, 1.82) is 0 Å². The van der Waals surface area contributed by atoms with E-state index in [1.54, 1.807) is 41.7 Å². The van der Waals surface area contributed by atoms with Crippen molar-refractivity contribution >= 4 is 79.8 Å². The maximum absolute atomic E-state index is 13.1. The second-order valence-corrected chi connectivity index (χ2v) is 8.91. The van der Waals surface area contributed by atoms with Crippen LogP contribution in [0.3, 0.4) is 0 Å². The number of fused-ring (bicyclic) bond motifs is 1. The average molecular weight is 532 g/mol. The zero-order valence-electron chi connectivity index (χ0n) is 16.6. The fourth-order valence-electron chi connectivity index (χ4n) is 2.99. The molecule has 0 fully saturated rings. The van der Waals surface area contributed by atoms with Gasteiger partial charge in [-0.3, -0.25) is 9.69 Å². The molecule has 1 amide bonds. The smallest absolute Gasteiger partial charge is 0.266 e. The number of anilines is 1. The van der Waals surface area contributed by atoms with E-state index in [1.165, 1.54) is 11.3 Å². The number of imidazole rings is 1. The standard InChI is InChI=1S/C21H17Cl3N4O2S.ClH/c22-14-5-6-17(16(24)11-14)30-12-19(29)28(9-2-8-27-10-7-25-13-27)21-26-20-15(23)3-1-4-18(20)31-21;/h1,3-7,10-11,13H,2,8-9,12H2;1H. The number of amides is 1. The van der Waals surface area contributed by atoms with Gasteiger partial charge in [0.25, 0.3) is 5.91 Å². The Morgan fingerprint density at radius 3 is 2.72 bits per heavy atom. The lowest BCUT2D eigenvalue weighted by Crippen LogP contribution is -2.36. The molecule has 0 radical (unpaired) electrons. The topological polar surface area (TPSA) is 60.2 Å². The normalized spacial score (nSPS) is 10.7. The lowest BCUT2D eigenvalue weighted by atomic mass is 10.3. The Bertz CT molecular complexity index is 1200. The Kier molecular flexibility index (Phi) is 8.62. The van der Waals surface area contributed by atoms with Crippen LogP contribution in [0.25, 0.3) is 10.2 Å². The average Bonchev–Trinajstić information content (AvgIpc) is 3.41. The molecule has 0 aliphatic heterocycles. The molecule has 2 aromatic heterocycles. The SMILES string of the molecule is Cl.O=C(COc1ccc(Cl)cc1Cl)N(CCCn1ccnc1)c1nc2c(Cl)cccc2s1. The predicted octanol–water partition coefficient (Wildman–Crippen LogP) is 6.38. The van der Waals surface area contributed by atoms with Gasteiger partial charge in [-0.1, -0.05) is 52.2 Å². The van der Waals surface area contributed by atoms with E-state index in [2.05, 4.69) is 9.97 Å². The van der Waals surface area contributed by atoms with Gasteiger partial charge in [0.1, 0.15) is 11.3 Å². The first kappa shape index (κ1) is 24.6. The summed E-state index contributed by atoms with van der Waals surface area (Å²) in [7, 11) is 0. The predicted molar refractivity (Wildman–Crippen MR) is 133 cm³/mol.